The number of pyridine rings is 1. The number of nitrogens with zero attached hydrogens (tertiary/aromatic N) is 1. The van der Waals surface area contributed by atoms with Crippen molar-refractivity contribution in [1.82, 2.24) is 4.98 Å². The number of aromatic hydroxyl groups is 1. The number of hydrogen-bond donors (Lipinski definition) is 1. The van der Waals surface area contributed by atoms with Crippen LogP contribution in [0, 0.1) is 0 Å². The molecule has 1 N–H and O–H groups in total. The molecule has 0 unspecified atom stereocenters. The van der Waals surface area contributed by atoms with Crippen LogP contribution in [0.25, 0.3) is 23.1 Å². The molecule has 0 aliphatic heterocycles. The van der Waals surface area contributed by atoms with Gasteiger partial charge in [0.2, 0.25) is 0 Å². The molecule has 0 atom stereocenters. The molecular formula is C18H15NO2. The Morgan fingerprint density at radius 2 is 1.81 bits per heavy atom. The van der Waals surface area contributed by atoms with Crippen molar-refractivity contribution in [1.29, 1.82) is 0 Å². The second-order valence-electron chi connectivity index (χ2n) is 4.68. The lowest BCUT2D eigenvalue weighted by molar-refractivity contribution is 0.415. The molecule has 3 nitrogen and oxygen atoms in total. The maximum Gasteiger partial charge on any atom is 0.141 e. The number of aromatic nitrogens is 1. The van der Waals surface area contributed by atoms with Crippen LogP contribution in [0.3, 0.4) is 0 Å². The highest BCUT2D eigenvalue weighted by atomic mass is 16.5. The van der Waals surface area contributed by atoms with E-state index in [1.54, 1.807) is 19.4 Å². The fraction of sp³-hybridized carbons (Fsp3) is 0.0556. The third-order valence-corrected chi connectivity index (χ3v) is 3.35. The molecule has 0 radical (unpaired) electrons. The molecule has 1 heterocycles. The summed E-state index contributed by atoms with van der Waals surface area (Å²) in [6.45, 7) is 0. The van der Waals surface area contributed by atoms with E-state index >= 15 is 0 Å². The van der Waals surface area contributed by atoms with Crippen molar-refractivity contribution in [2.75, 3.05) is 7.11 Å². The van der Waals surface area contributed by atoms with E-state index in [9.17, 15) is 5.11 Å². The van der Waals surface area contributed by atoms with Crippen LogP contribution in [-0.4, -0.2) is 17.2 Å². The van der Waals surface area contributed by atoms with E-state index in [2.05, 4.69) is 4.98 Å². The maximum absolute atomic E-state index is 9.84. The van der Waals surface area contributed by atoms with Crippen molar-refractivity contribution in [2.24, 2.45) is 0 Å². The number of phenolic OH excluding ortho intramolecular Hbond substituents is 1. The van der Waals surface area contributed by atoms with Gasteiger partial charge in [0.25, 0.3) is 0 Å². The quantitative estimate of drug-likeness (QED) is 0.732. The highest BCUT2D eigenvalue weighted by Crippen LogP contribution is 2.26. The summed E-state index contributed by atoms with van der Waals surface area (Å²) in [5.41, 5.74) is 2.72. The summed E-state index contributed by atoms with van der Waals surface area (Å²) in [4.78, 5) is 4.22. The normalized spacial score (nSPS) is 11.1. The number of rotatable bonds is 3. The Labute approximate surface area is 123 Å². The first-order valence-corrected chi connectivity index (χ1v) is 6.67. The summed E-state index contributed by atoms with van der Waals surface area (Å²) >= 11 is 0. The number of methoxy groups -OCH3 is 1. The second kappa shape index (κ2) is 5.67. The van der Waals surface area contributed by atoms with Crippen molar-refractivity contribution in [3.63, 3.8) is 0 Å². The summed E-state index contributed by atoms with van der Waals surface area (Å²) in [7, 11) is 1.65. The average molecular weight is 277 g/mol. The molecule has 0 aliphatic rings. The molecule has 3 heteroatoms. The molecule has 0 fully saturated rings. The lowest BCUT2D eigenvalue weighted by Crippen LogP contribution is -1.83. The highest BCUT2D eigenvalue weighted by molar-refractivity contribution is 5.93. The molecule has 3 rings (SSSR count). The topological polar surface area (TPSA) is 42.4 Å². The van der Waals surface area contributed by atoms with Gasteiger partial charge < -0.3 is 9.84 Å². The van der Waals surface area contributed by atoms with Gasteiger partial charge in [-0.05, 0) is 35.4 Å². The lowest BCUT2D eigenvalue weighted by Gasteiger charge is -2.04. The number of benzene rings is 2. The summed E-state index contributed by atoms with van der Waals surface area (Å²) in [6.07, 6.45) is 5.72. The average Bonchev–Trinajstić information content (AvgIpc) is 2.55. The minimum atomic E-state index is 0.201. The molecule has 3 aromatic rings. The summed E-state index contributed by atoms with van der Waals surface area (Å²) in [5, 5.41) is 10.8. The Morgan fingerprint density at radius 1 is 1.00 bits per heavy atom. The van der Waals surface area contributed by atoms with Gasteiger partial charge >= 0.3 is 0 Å². The fourth-order valence-corrected chi connectivity index (χ4v) is 2.23. The number of hydrogen-bond acceptors (Lipinski definition) is 3. The van der Waals surface area contributed by atoms with Gasteiger partial charge in [-0.3, -0.25) is 4.98 Å². The van der Waals surface area contributed by atoms with Crippen LogP contribution in [0.1, 0.15) is 11.1 Å². The van der Waals surface area contributed by atoms with Crippen molar-refractivity contribution >= 4 is 23.1 Å². The summed E-state index contributed by atoms with van der Waals surface area (Å²) in [5.74, 6) is 1.04. The zero-order chi connectivity index (χ0) is 14.7. The van der Waals surface area contributed by atoms with Gasteiger partial charge in [-0.25, -0.2) is 0 Å². The van der Waals surface area contributed by atoms with Crippen molar-refractivity contribution < 1.29 is 9.84 Å². The third-order valence-electron chi connectivity index (χ3n) is 3.35. The minimum Gasteiger partial charge on any atom is -0.506 e. The lowest BCUT2D eigenvalue weighted by atomic mass is 10.1. The Balaban J connectivity index is 1.97. The molecule has 0 saturated carbocycles. The van der Waals surface area contributed by atoms with Crippen LogP contribution < -0.4 is 4.74 Å². The van der Waals surface area contributed by atoms with Crippen molar-refractivity contribution in [2.45, 2.75) is 0 Å². The maximum atomic E-state index is 9.84. The van der Waals surface area contributed by atoms with Crippen LogP contribution >= 0.6 is 0 Å². The van der Waals surface area contributed by atoms with E-state index in [1.807, 2.05) is 54.6 Å². The van der Waals surface area contributed by atoms with Gasteiger partial charge in [-0.1, -0.05) is 36.4 Å². The van der Waals surface area contributed by atoms with Gasteiger partial charge in [0, 0.05) is 11.6 Å². The molecule has 104 valence electrons. The Kier molecular flexibility index (Phi) is 3.56. The second-order valence-corrected chi connectivity index (χ2v) is 4.68. The van der Waals surface area contributed by atoms with E-state index < -0.39 is 0 Å². The number of fused-ring (bicyclic) bond motifs is 1. The van der Waals surface area contributed by atoms with Crippen LogP contribution in [-0.2, 0) is 0 Å². The summed E-state index contributed by atoms with van der Waals surface area (Å²) < 4.78 is 5.14. The first kappa shape index (κ1) is 13.2. The molecule has 0 aliphatic carbocycles. The van der Waals surface area contributed by atoms with E-state index in [4.69, 9.17) is 4.74 Å². The fourth-order valence-electron chi connectivity index (χ4n) is 2.23. The van der Waals surface area contributed by atoms with E-state index in [1.165, 1.54) is 0 Å². The highest BCUT2D eigenvalue weighted by Gasteiger charge is 2.03. The molecule has 0 spiro atoms. The standard InChI is InChI=1S/C18H15NO2/c1-21-15-9-5-13(6-10-15)4-7-14-8-11-17(20)18-16(14)3-2-12-19-18/h2-12,20H,1H3. The molecule has 21 heavy (non-hydrogen) atoms. The molecular weight excluding hydrogens is 262 g/mol. The molecule has 0 amide bonds. The van der Waals surface area contributed by atoms with E-state index in [-0.39, 0.29) is 5.75 Å². The molecule has 2 aromatic carbocycles. The van der Waals surface area contributed by atoms with Gasteiger partial charge in [0.05, 0.1) is 7.11 Å². The van der Waals surface area contributed by atoms with Crippen LogP contribution in [0.2, 0.25) is 0 Å². The SMILES string of the molecule is COc1ccc(C=Cc2ccc(O)c3ncccc23)cc1. The van der Waals surface area contributed by atoms with E-state index in [0.29, 0.717) is 5.52 Å². The Morgan fingerprint density at radius 3 is 2.57 bits per heavy atom. The molecule has 0 bridgehead atoms. The number of ether oxygens (including phenoxy) is 1. The predicted octanol–water partition coefficient (Wildman–Crippen LogP) is 4.12. The smallest absolute Gasteiger partial charge is 0.141 e. The first-order valence-electron chi connectivity index (χ1n) is 6.67. The Hall–Kier alpha value is -2.81. The van der Waals surface area contributed by atoms with Gasteiger partial charge in [-0.2, -0.15) is 0 Å². The molecule has 0 saturated heterocycles. The van der Waals surface area contributed by atoms with Crippen molar-refractivity contribution in [3.8, 4) is 11.5 Å². The first-order chi connectivity index (χ1) is 10.3. The van der Waals surface area contributed by atoms with E-state index in [0.717, 1.165) is 22.3 Å². The Bertz CT molecular complexity index is 792. The van der Waals surface area contributed by atoms with Crippen LogP contribution in [0.5, 0.6) is 11.5 Å². The monoisotopic (exact) mass is 277 g/mol. The van der Waals surface area contributed by atoms with Crippen molar-refractivity contribution in [3.05, 3.63) is 65.9 Å². The largest absolute Gasteiger partial charge is 0.506 e. The predicted molar refractivity (Wildman–Crippen MR) is 85.3 cm³/mol. The summed E-state index contributed by atoms with van der Waals surface area (Å²) in [6, 6.07) is 15.2. The van der Waals surface area contributed by atoms with Crippen LogP contribution in [0.15, 0.2) is 54.7 Å². The van der Waals surface area contributed by atoms with Crippen LogP contribution in [0.4, 0.5) is 0 Å². The third kappa shape index (κ3) is 2.72. The van der Waals surface area contributed by atoms with Gasteiger partial charge in [0.1, 0.15) is 17.0 Å². The zero-order valence-corrected chi connectivity index (χ0v) is 11.7. The number of phenols is 1. The van der Waals surface area contributed by atoms with Gasteiger partial charge in [0.15, 0.2) is 0 Å². The minimum absolute atomic E-state index is 0.201. The van der Waals surface area contributed by atoms with Gasteiger partial charge in [-0.15, -0.1) is 0 Å². The zero-order valence-electron chi connectivity index (χ0n) is 11.7. The molecule has 1 aromatic heterocycles.